The number of nitrogen functional groups attached to an aromatic ring is 1. The number of benzene rings is 1. The van der Waals surface area contributed by atoms with Crippen LogP contribution in [0, 0.1) is 0 Å². The van der Waals surface area contributed by atoms with Crippen molar-refractivity contribution in [1.82, 2.24) is 10.2 Å². The largest absolute Gasteiger partial charge is 0.411 e. The maximum atomic E-state index is 11.8. The van der Waals surface area contributed by atoms with Crippen LogP contribution in [-0.4, -0.2) is 36.1 Å². The molecule has 104 valence electrons. The van der Waals surface area contributed by atoms with E-state index in [1.54, 1.807) is 18.3 Å². The van der Waals surface area contributed by atoms with Gasteiger partial charge < -0.3 is 15.8 Å². The number of ether oxygens (including phenoxy) is 1. The van der Waals surface area contributed by atoms with Gasteiger partial charge >= 0.3 is 6.18 Å². The van der Waals surface area contributed by atoms with Crippen molar-refractivity contribution in [2.45, 2.75) is 6.18 Å². The summed E-state index contributed by atoms with van der Waals surface area (Å²) in [5.41, 5.74) is 7.74. The molecule has 0 radical (unpaired) electrons. The summed E-state index contributed by atoms with van der Waals surface area (Å²) in [7, 11) is 0. The average molecular weight is 274 g/mol. The Morgan fingerprint density at radius 3 is 2.89 bits per heavy atom. The molecule has 0 spiro atoms. The molecule has 0 unspecified atom stereocenters. The number of nitrogens with one attached hydrogen (secondary N) is 2. The van der Waals surface area contributed by atoms with E-state index in [1.807, 2.05) is 0 Å². The Labute approximate surface area is 106 Å². The van der Waals surface area contributed by atoms with Gasteiger partial charge in [-0.15, -0.1) is 0 Å². The minimum absolute atomic E-state index is 0.0556. The Hall–Kier alpha value is -1.96. The van der Waals surface area contributed by atoms with Gasteiger partial charge in [-0.25, -0.2) is 0 Å². The number of fused-ring (bicyclic) bond motifs is 1. The van der Waals surface area contributed by atoms with Gasteiger partial charge in [0.15, 0.2) is 0 Å². The van der Waals surface area contributed by atoms with E-state index in [-0.39, 0.29) is 13.2 Å². The Bertz CT molecular complexity index is 552. The van der Waals surface area contributed by atoms with E-state index in [2.05, 4.69) is 20.3 Å². The summed E-state index contributed by atoms with van der Waals surface area (Å²) in [6.45, 7) is -1.07. The van der Waals surface area contributed by atoms with Gasteiger partial charge in [-0.1, -0.05) is 0 Å². The maximum absolute atomic E-state index is 11.8. The molecule has 5 nitrogen and oxygen atoms in total. The van der Waals surface area contributed by atoms with Crippen LogP contribution >= 0.6 is 0 Å². The van der Waals surface area contributed by atoms with Crippen LogP contribution < -0.4 is 11.1 Å². The van der Waals surface area contributed by atoms with Crippen LogP contribution in [0.2, 0.25) is 0 Å². The van der Waals surface area contributed by atoms with Gasteiger partial charge in [-0.3, -0.25) is 5.10 Å². The topological polar surface area (TPSA) is 76.0 Å². The first-order chi connectivity index (χ1) is 8.96. The monoisotopic (exact) mass is 274 g/mol. The van der Waals surface area contributed by atoms with Crippen LogP contribution in [0.5, 0.6) is 0 Å². The second-order valence-corrected chi connectivity index (χ2v) is 3.99. The van der Waals surface area contributed by atoms with Crippen molar-refractivity contribution in [2.75, 3.05) is 30.8 Å². The minimum atomic E-state index is -4.30. The fraction of sp³-hybridized carbons (Fsp3) is 0.364. The zero-order valence-electron chi connectivity index (χ0n) is 9.92. The number of nitrogens with zero attached hydrogens (tertiary/aromatic N) is 1. The van der Waals surface area contributed by atoms with E-state index < -0.39 is 12.8 Å². The number of hydrogen-bond acceptors (Lipinski definition) is 4. The van der Waals surface area contributed by atoms with Crippen molar-refractivity contribution >= 4 is 22.3 Å². The van der Waals surface area contributed by atoms with E-state index in [0.717, 1.165) is 10.9 Å². The molecule has 0 atom stereocenters. The molecule has 0 aliphatic carbocycles. The molecule has 4 N–H and O–H groups in total. The van der Waals surface area contributed by atoms with Crippen molar-refractivity contribution in [3.63, 3.8) is 0 Å². The predicted molar refractivity (Wildman–Crippen MR) is 65.9 cm³/mol. The fourth-order valence-corrected chi connectivity index (χ4v) is 1.61. The highest BCUT2D eigenvalue weighted by molar-refractivity contribution is 5.88. The highest BCUT2D eigenvalue weighted by Gasteiger charge is 2.27. The Morgan fingerprint density at radius 2 is 2.16 bits per heavy atom. The van der Waals surface area contributed by atoms with Crippen molar-refractivity contribution in [2.24, 2.45) is 0 Å². The molecular formula is C11H13F3N4O. The summed E-state index contributed by atoms with van der Waals surface area (Å²) in [4.78, 5) is 0. The number of alkyl halides is 3. The summed E-state index contributed by atoms with van der Waals surface area (Å²) in [6, 6.07) is 3.49. The van der Waals surface area contributed by atoms with E-state index in [1.165, 1.54) is 0 Å². The number of halogens is 3. The Balaban J connectivity index is 1.86. The molecule has 0 saturated carbocycles. The lowest BCUT2D eigenvalue weighted by Crippen LogP contribution is -2.20. The molecule has 1 aromatic carbocycles. The molecule has 2 aromatic rings. The van der Waals surface area contributed by atoms with Crippen molar-refractivity contribution in [3.05, 3.63) is 18.3 Å². The third-order valence-corrected chi connectivity index (χ3v) is 2.44. The lowest BCUT2D eigenvalue weighted by molar-refractivity contribution is -0.172. The molecule has 2 rings (SSSR count). The third-order valence-electron chi connectivity index (χ3n) is 2.44. The molecule has 19 heavy (non-hydrogen) atoms. The molecule has 0 saturated heterocycles. The van der Waals surface area contributed by atoms with Crippen LogP contribution in [0.1, 0.15) is 0 Å². The van der Waals surface area contributed by atoms with E-state index in [0.29, 0.717) is 11.4 Å². The molecule has 0 aliphatic rings. The first-order valence-electron chi connectivity index (χ1n) is 5.57. The minimum Gasteiger partial charge on any atom is -0.397 e. The summed E-state index contributed by atoms with van der Waals surface area (Å²) in [5, 5.41) is 10.4. The summed E-state index contributed by atoms with van der Waals surface area (Å²) in [6.07, 6.45) is -2.66. The van der Waals surface area contributed by atoms with Crippen LogP contribution in [0.15, 0.2) is 18.3 Å². The number of rotatable bonds is 5. The number of aromatic amines is 1. The zero-order chi connectivity index (χ0) is 13.9. The quantitative estimate of drug-likeness (QED) is 0.576. The lowest BCUT2D eigenvalue weighted by Gasteiger charge is -2.11. The van der Waals surface area contributed by atoms with Crippen molar-refractivity contribution < 1.29 is 17.9 Å². The zero-order valence-corrected chi connectivity index (χ0v) is 9.92. The van der Waals surface area contributed by atoms with Gasteiger partial charge in [-0.2, -0.15) is 18.3 Å². The number of aromatic nitrogens is 2. The summed E-state index contributed by atoms with van der Waals surface area (Å²) < 4.78 is 40.0. The summed E-state index contributed by atoms with van der Waals surface area (Å²) >= 11 is 0. The molecule has 0 bridgehead atoms. The number of nitrogens with two attached hydrogens (primary N) is 1. The Morgan fingerprint density at radius 1 is 1.37 bits per heavy atom. The first-order valence-corrected chi connectivity index (χ1v) is 5.57. The molecule has 8 heteroatoms. The predicted octanol–water partition coefficient (Wildman–Crippen LogP) is 2.14. The standard InChI is InChI=1S/C11H13F3N4O/c12-11(13,14)6-19-2-1-16-10-4-9-7(3-8(10)15)5-17-18-9/h3-5,16H,1-2,6,15H2,(H,17,18). The van der Waals surface area contributed by atoms with Gasteiger partial charge in [0.1, 0.15) is 6.61 Å². The molecule has 0 aliphatic heterocycles. The molecule has 0 fully saturated rings. The third kappa shape index (κ3) is 3.75. The van der Waals surface area contributed by atoms with Crippen LogP contribution in [0.4, 0.5) is 24.5 Å². The summed E-state index contributed by atoms with van der Waals surface area (Å²) in [5.74, 6) is 0. The second kappa shape index (κ2) is 5.35. The van der Waals surface area contributed by atoms with E-state index in [4.69, 9.17) is 5.73 Å². The average Bonchev–Trinajstić information content (AvgIpc) is 2.74. The van der Waals surface area contributed by atoms with Crippen LogP contribution in [0.25, 0.3) is 10.9 Å². The van der Waals surface area contributed by atoms with E-state index >= 15 is 0 Å². The van der Waals surface area contributed by atoms with Crippen molar-refractivity contribution in [1.29, 1.82) is 0 Å². The first kappa shape index (κ1) is 13.5. The van der Waals surface area contributed by atoms with Gasteiger partial charge in [0.05, 0.1) is 29.7 Å². The number of H-pyrrole nitrogens is 1. The van der Waals surface area contributed by atoms with Crippen LogP contribution in [0.3, 0.4) is 0 Å². The van der Waals surface area contributed by atoms with Crippen molar-refractivity contribution in [3.8, 4) is 0 Å². The highest BCUT2D eigenvalue weighted by Crippen LogP contribution is 2.24. The molecule has 1 heterocycles. The number of anilines is 2. The maximum Gasteiger partial charge on any atom is 0.411 e. The van der Waals surface area contributed by atoms with Gasteiger partial charge in [0, 0.05) is 11.9 Å². The van der Waals surface area contributed by atoms with Gasteiger partial charge in [0.2, 0.25) is 0 Å². The molecule has 0 amide bonds. The Kier molecular flexibility index (Phi) is 3.79. The lowest BCUT2D eigenvalue weighted by atomic mass is 10.2. The fourth-order valence-electron chi connectivity index (χ4n) is 1.61. The number of hydrogen-bond donors (Lipinski definition) is 3. The molecular weight excluding hydrogens is 261 g/mol. The second-order valence-electron chi connectivity index (χ2n) is 3.99. The van der Waals surface area contributed by atoms with Gasteiger partial charge in [-0.05, 0) is 12.1 Å². The highest BCUT2D eigenvalue weighted by atomic mass is 19.4. The smallest absolute Gasteiger partial charge is 0.397 e. The van der Waals surface area contributed by atoms with Gasteiger partial charge in [0.25, 0.3) is 0 Å². The SMILES string of the molecule is Nc1cc2cn[nH]c2cc1NCCOCC(F)(F)F. The van der Waals surface area contributed by atoms with E-state index in [9.17, 15) is 13.2 Å². The molecule has 1 aromatic heterocycles. The normalized spacial score (nSPS) is 11.9. The van der Waals surface area contributed by atoms with Crippen LogP contribution in [-0.2, 0) is 4.74 Å².